The monoisotopic (exact) mass is 264 g/mol. The Morgan fingerprint density at radius 3 is 3.05 bits per heavy atom. The summed E-state index contributed by atoms with van der Waals surface area (Å²) in [6.07, 6.45) is 4.65. The van der Waals surface area contributed by atoms with Gasteiger partial charge in [-0.3, -0.25) is 4.79 Å². The Hall–Kier alpha value is -1.36. The first-order chi connectivity index (χ1) is 8.95. The van der Waals surface area contributed by atoms with Crippen molar-refractivity contribution < 1.29 is 24.2 Å². The molecule has 3 fully saturated rings. The van der Waals surface area contributed by atoms with Gasteiger partial charge >= 0.3 is 11.9 Å². The number of allylic oxidation sites excluding steroid dienone is 1. The second kappa shape index (κ2) is 3.03. The van der Waals surface area contributed by atoms with Crippen LogP contribution in [0.25, 0.3) is 0 Å². The van der Waals surface area contributed by atoms with Gasteiger partial charge in [-0.15, -0.1) is 0 Å². The lowest BCUT2D eigenvalue weighted by Crippen LogP contribution is -2.53. The summed E-state index contributed by atoms with van der Waals surface area (Å²) >= 11 is 0. The van der Waals surface area contributed by atoms with E-state index >= 15 is 0 Å². The molecule has 0 aromatic carbocycles. The largest absolute Gasteiger partial charge is 0.481 e. The van der Waals surface area contributed by atoms with E-state index in [0.29, 0.717) is 5.57 Å². The van der Waals surface area contributed by atoms with Crippen LogP contribution in [0, 0.1) is 10.8 Å². The number of rotatable bonds is 2. The molecule has 2 aliphatic heterocycles. The van der Waals surface area contributed by atoms with E-state index in [0.717, 1.165) is 19.3 Å². The van der Waals surface area contributed by atoms with E-state index in [1.54, 1.807) is 0 Å². The molecule has 0 radical (unpaired) electrons. The van der Waals surface area contributed by atoms with Gasteiger partial charge in [0.2, 0.25) is 0 Å². The second-order valence-electron chi connectivity index (χ2n) is 6.49. The van der Waals surface area contributed by atoms with Crippen molar-refractivity contribution in [1.29, 1.82) is 0 Å². The van der Waals surface area contributed by atoms with Gasteiger partial charge in [-0.1, -0.05) is 13.0 Å². The van der Waals surface area contributed by atoms with Crippen LogP contribution in [-0.4, -0.2) is 35.4 Å². The SMILES string of the molecule is C[C@@]12CC=C3C(=O)OC[C@@]3(CC(=O)O)[C@]13O[C@@H]3CC2. The van der Waals surface area contributed by atoms with Crippen molar-refractivity contribution in [3.8, 4) is 0 Å². The zero-order valence-electron chi connectivity index (χ0n) is 10.8. The maximum absolute atomic E-state index is 11.9. The van der Waals surface area contributed by atoms with E-state index in [4.69, 9.17) is 9.47 Å². The highest BCUT2D eigenvalue weighted by Crippen LogP contribution is 2.74. The Labute approximate surface area is 110 Å². The summed E-state index contributed by atoms with van der Waals surface area (Å²) in [6.45, 7) is 2.30. The average molecular weight is 264 g/mol. The van der Waals surface area contributed by atoms with Crippen LogP contribution in [0.2, 0.25) is 0 Å². The predicted molar refractivity (Wildman–Crippen MR) is 63.3 cm³/mol. The maximum atomic E-state index is 11.9. The number of ether oxygens (including phenoxy) is 2. The molecular weight excluding hydrogens is 248 g/mol. The molecule has 0 amide bonds. The van der Waals surface area contributed by atoms with E-state index in [9.17, 15) is 14.7 Å². The van der Waals surface area contributed by atoms with Gasteiger partial charge in [-0.2, -0.15) is 0 Å². The van der Waals surface area contributed by atoms with Crippen LogP contribution in [-0.2, 0) is 19.1 Å². The maximum Gasteiger partial charge on any atom is 0.334 e. The van der Waals surface area contributed by atoms with Crippen molar-refractivity contribution in [2.75, 3.05) is 6.61 Å². The quantitative estimate of drug-likeness (QED) is 0.600. The first-order valence-electron chi connectivity index (χ1n) is 6.73. The molecule has 19 heavy (non-hydrogen) atoms. The molecule has 1 N–H and O–H groups in total. The van der Waals surface area contributed by atoms with Gasteiger partial charge in [0.25, 0.3) is 0 Å². The number of fused-ring (bicyclic) bond motifs is 1. The molecule has 4 atom stereocenters. The average Bonchev–Trinajstić information content (AvgIpc) is 2.90. The van der Waals surface area contributed by atoms with Gasteiger partial charge in [0.05, 0.1) is 17.9 Å². The zero-order valence-corrected chi connectivity index (χ0v) is 10.8. The van der Waals surface area contributed by atoms with Crippen molar-refractivity contribution in [1.82, 2.24) is 0 Å². The summed E-state index contributed by atoms with van der Waals surface area (Å²) in [5.41, 5.74) is -0.791. The van der Waals surface area contributed by atoms with Crippen molar-refractivity contribution in [2.45, 2.75) is 44.3 Å². The summed E-state index contributed by atoms with van der Waals surface area (Å²) in [7, 11) is 0. The van der Waals surface area contributed by atoms with E-state index < -0.39 is 17.0 Å². The summed E-state index contributed by atoms with van der Waals surface area (Å²) in [4.78, 5) is 23.2. The number of carbonyl (C=O) groups is 2. The first kappa shape index (κ1) is 11.5. The van der Waals surface area contributed by atoms with E-state index in [1.165, 1.54) is 0 Å². The number of epoxide rings is 1. The fourth-order valence-electron chi connectivity index (χ4n) is 4.86. The third kappa shape index (κ3) is 1.04. The molecule has 2 aliphatic carbocycles. The molecule has 0 unspecified atom stereocenters. The topological polar surface area (TPSA) is 76.1 Å². The predicted octanol–water partition coefficient (Wildman–Crippen LogP) is 1.27. The van der Waals surface area contributed by atoms with Gasteiger partial charge in [-0.25, -0.2) is 4.79 Å². The van der Waals surface area contributed by atoms with Crippen molar-refractivity contribution in [3.05, 3.63) is 11.6 Å². The molecule has 5 heteroatoms. The van der Waals surface area contributed by atoms with Crippen LogP contribution in [0.15, 0.2) is 11.6 Å². The van der Waals surface area contributed by atoms with Crippen LogP contribution in [0.3, 0.4) is 0 Å². The highest BCUT2D eigenvalue weighted by molar-refractivity contribution is 5.94. The van der Waals surface area contributed by atoms with Gasteiger partial charge in [-0.05, 0) is 19.3 Å². The number of carbonyl (C=O) groups excluding carboxylic acids is 1. The molecule has 0 aromatic heterocycles. The molecule has 1 spiro atoms. The molecule has 1 saturated carbocycles. The summed E-state index contributed by atoms with van der Waals surface area (Å²) in [5, 5.41) is 9.28. The highest BCUT2D eigenvalue weighted by atomic mass is 16.6. The minimum absolute atomic E-state index is 0.0649. The molecule has 0 aromatic rings. The molecule has 4 aliphatic rings. The fraction of sp³-hybridized carbons (Fsp3) is 0.714. The Morgan fingerprint density at radius 1 is 1.58 bits per heavy atom. The number of esters is 1. The first-order valence-corrected chi connectivity index (χ1v) is 6.73. The molecule has 2 heterocycles. The van der Waals surface area contributed by atoms with Crippen LogP contribution >= 0.6 is 0 Å². The Balaban J connectivity index is 1.91. The number of carboxylic acid groups (broad SMARTS) is 1. The lowest BCUT2D eigenvalue weighted by atomic mass is 9.55. The minimum atomic E-state index is -0.899. The Morgan fingerprint density at radius 2 is 2.37 bits per heavy atom. The van der Waals surface area contributed by atoms with Crippen molar-refractivity contribution in [3.63, 3.8) is 0 Å². The third-order valence-corrected chi connectivity index (χ3v) is 5.69. The standard InChI is InChI=1S/C14H16O5/c1-12-4-2-8-11(17)18-7-13(8,6-10(15)16)14(12)9(19-14)3-5-12/h2,9H,3-7H2,1H3,(H,15,16)/t9-,12+,13-,14-/m1/s1. The summed E-state index contributed by atoms with van der Waals surface area (Å²) in [6, 6.07) is 0. The van der Waals surface area contributed by atoms with Gasteiger partial charge in [0, 0.05) is 11.0 Å². The highest BCUT2D eigenvalue weighted by Gasteiger charge is 2.83. The number of cyclic esters (lactones) is 1. The van der Waals surface area contributed by atoms with Crippen LogP contribution in [0.5, 0.6) is 0 Å². The molecule has 0 bridgehead atoms. The molecule has 2 saturated heterocycles. The van der Waals surface area contributed by atoms with E-state index in [2.05, 4.69) is 6.92 Å². The fourth-order valence-corrected chi connectivity index (χ4v) is 4.86. The lowest BCUT2D eigenvalue weighted by Gasteiger charge is -2.46. The van der Waals surface area contributed by atoms with Gasteiger partial charge in [0.15, 0.2) is 0 Å². The van der Waals surface area contributed by atoms with E-state index in [-0.39, 0.29) is 30.5 Å². The van der Waals surface area contributed by atoms with Crippen LogP contribution in [0.1, 0.15) is 32.6 Å². The number of hydrogen-bond donors (Lipinski definition) is 1. The third-order valence-electron chi connectivity index (χ3n) is 5.69. The molecule has 5 nitrogen and oxygen atoms in total. The Kier molecular flexibility index (Phi) is 1.83. The second-order valence-corrected chi connectivity index (χ2v) is 6.49. The van der Waals surface area contributed by atoms with Crippen molar-refractivity contribution in [2.24, 2.45) is 10.8 Å². The summed E-state index contributed by atoms with van der Waals surface area (Å²) < 4.78 is 11.2. The van der Waals surface area contributed by atoms with Crippen LogP contribution in [0.4, 0.5) is 0 Å². The Bertz CT molecular complexity index is 538. The normalized spacial score (nSPS) is 49.8. The minimum Gasteiger partial charge on any atom is -0.481 e. The molecule has 102 valence electrons. The lowest BCUT2D eigenvalue weighted by molar-refractivity contribution is -0.143. The number of carboxylic acids is 1. The number of aliphatic carboxylic acids is 1. The van der Waals surface area contributed by atoms with E-state index in [1.807, 2.05) is 6.08 Å². The smallest absolute Gasteiger partial charge is 0.334 e. The summed E-state index contributed by atoms with van der Waals surface area (Å²) in [5.74, 6) is -1.26. The zero-order chi connectivity index (χ0) is 13.5. The number of hydrogen-bond acceptors (Lipinski definition) is 4. The molecule has 4 rings (SSSR count). The van der Waals surface area contributed by atoms with Gasteiger partial charge < -0.3 is 14.6 Å². The van der Waals surface area contributed by atoms with Crippen molar-refractivity contribution >= 4 is 11.9 Å². The van der Waals surface area contributed by atoms with Gasteiger partial charge in [0.1, 0.15) is 12.2 Å². The van der Waals surface area contributed by atoms with Crippen LogP contribution < -0.4 is 0 Å². The molecular formula is C14H16O5.